The summed E-state index contributed by atoms with van der Waals surface area (Å²) in [5, 5.41) is 0. The van der Waals surface area contributed by atoms with Crippen LogP contribution in [0, 0.1) is 11.8 Å². The Kier molecular flexibility index (Phi) is 3.57. The van der Waals surface area contributed by atoms with Crippen LogP contribution in [0.4, 0.5) is 0 Å². The third-order valence-corrected chi connectivity index (χ3v) is 3.18. The van der Waals surface area contributed by atoms with E-state index in [9.17, 15) is 0 Å². The summed E-state index contributed by atoms with van der Waals surface area (Å²) in [6.45, 7) is 9.07. The first-order valence-electron chi connectivity index (χ1n) is 5.30. The van der Waals surface area contributed by atoms with E-state index in [1.807, 2.05) is 0 Å². The average molecular weight is 170 g/mol. The largest absolute Gasteiger partial charge is 0.375 e. The Balaban J connectivity index is 2.48. The van der Waals surface area contributed by atoms with Crippen LogP contribution in [-0.4, -0.2) is 12.2 Å². The summed E-state index contributed by atoms with van der Waals surface area (Å²) >= 11 is 0. The normalized spacial score (nSPS) is 39.5. The van der Waals surface area contributed by atoms with Crippen molar-refractivity contribution in [1.82, 2.24) is 0 Å². The standard InChI is InChI=1S/C11H22O/c1-5-8(2)11-9(3)6-7-10(4)12-11/h8-11H,5-7H2,1-4H3. The van der Waals surface area contributed by atoms with Crippen molar-refractivity contribution in [3.8, 4) is 0 Å². The highest BCUT2D eigenvalue weighted by Gasteiger charge is 2.29. The summed E-state index contributed by atoms with van der Waals surface area (Å²) in [5.41, 5.74) is 0. The topological polar surface area (TPSA) is 9.23 Å². The fraction of sp³-hybridized carbons (Fsp3) is 1.00. The van der Waals surface area contributed by atoms with Gasteiger partial charge in [-0.15, -0.1) is 0 Å². The lowest BCUT2D eigenvalue weighted by Gasteiger charge is -2.36. The van der Waals surface area contributed by atoms with Crippen LogP contribution in [0.15, 0.2) is 0 Å². The molecule has 1 aliphatic rings. The summed E-state index contributed by atoms with van der Waals surface area (Å²) in [7, 11) is 0. The van der Waals surface area contributed by atoms with Gasteiger partial charge >= 0.3 is 0 Å². The molecule has 0 spiro atoms. The summed E-state index contributed by atoms with van der Waals surface area (Å²) < 4.78 is 5.95. The van der Waals surface area contributed by atoms with Crippen LogP contribution in [0.3, 0.4) is 0 Å². The molecule has 4 atom stereocenters. The van der Waals surface area contributed by atoms with Gasteiger partial charge in [-0.25, -0.2) is 0 Å². The first kappa shape index (κ1) is 10.0. The Bertz CT molecular complexity index is 129. The molecule has 12 heavy (non-hydrogen) atoms. The van der Waals surface area contributed by atoms with E-state index in [2.05, 4.69) is 27.7 Å². The number of hydrogen-bond acceptors (Lipinski definition) is 1. The maximum absolute atomic E-state index is 5.95. The minimum Gasteiger partial charge on any atom is -0.375 e. The van der Waals surface area contributed by atoms with Gasteiger partial charge in [-0.05, 0) is 31.6 Å². The van der Waals surface area contributed by atoms with Crippen LogP contribution in [0.25, 0.3) is 0 Å². The van der Waals surface area contributed by atoms with Crippen LogP contribution in [0.5, 0.6) is 0 Å². The number of hydrogen-bond donors (Lipinski definition) is 0. The van der Waals surface area contributed by atoms with E-state index in [-0.39, 0.29) is 0 Å². The number of rotatable bonds is 2. The molecule has 72 valence electrons. The van der Waals surface area contributed by atoms with Crippen LogP contribution in [0.2, 0.25) is 0 Å². The minimum absolute atomic E-state index is 0.486. The van der Waals surface area contributed by atoms with Gasteiger partial charge in [0.2, 0.25) is 0 Å². The molecule has 1 fully saturated rings. The highest BCUT2D eigenvalue weighted by Crippen LogP contribution is 2.30. The molecule has 1 aliphatic heterocycles. The molecule has 0 N–H and O–H groups in total. The van der Waals surface area contributed by atoms with Gasteiger partial charge < -0.3 is 4.74 Å². The maximum atomic E-state index is 5.95. The molecule has 1 heterocycles. The van der Waals surface area contributed by atoms with Gasteiger partial charge in [-0.1, -0.05) is 27.2 Å². The van der Waals surface area contributed by atoms with Gasteiger partial charge in [-0.3, -0.25) is 0 Å². The molecule has 0 aliphatic carbocycles. The van der Waals surface area contributed by atoms with Gasteiger partial charge in [0.15, 0.2) is 0 Å². The Morgan fingerprint density at radius 3 is 2.58 bits per heavy atom. The summed E-state index contributed by atoms with van der Waals surface area (Å²) in [4.78, 5) is 0. The minimum atomic E-state index is 0.486. The van der Waals surface area contributed by atoms with E-state index in [1.54, 1.807) is 0 Å². The fourth-order valence-corrected chi connectivity index (χ4v) is 2.06. The molecule has 0 radical (unpaired) electrons. The molecule has 0 aromatic carbocycles. The second-order valence-corrected chi connectivity index (χ2v) is 4.35. The van der Waals surface area contributed by atoms with Crippen LogP contribution < -0.4 is 0 Å². The van der Waals surface area contributed by atoms with Crippen molar-refractivity contribution in [1.29, 1.82) is 0 Å². The summed E-state index contributed by atoms with van der Waals surface area (Å²) in [6.07, 6.45) is 4.82. The van der Waals surface area contributed by atoms with Gasteiger partial charge in [-0.2, -0.15) is 0 Å². The Labute approximate surface area is 76.5 Å². The van der Waals surface area contributed by atoms with Crippen LogP contribution >= 0.6 is 0 Å². The molecular weight excluding hydrogens is 148 g/mol. The van der Waals surface area contributed by atoms with Crippen molar-refractivity contribution < 1.29 is 4.74 Å². The lowest BCUT2D eigenvalue weighted by Crippen LogP contribution is -2.36. The van der Waals surface area contributed by atoms with Crippen LogP contribution in [0.1, 0.15) is 47.0 Å². The third-order valence-electron chi connectivity index (χ3n) is 3.18. The lowest BCUT2D eigenvalue weighted by atomic mass is 9.85. The first-order chi connectivity index (χ1) is 5.65. The molecular formula is C11H22O. The Morgan fingerprint density at radius 1 is 1.33 bits per heavy atom. The highest BCUT2D eigenvalue weighted by atomic mass is 16.5. The zero-order chi connectivity index (χ0) is 9.14. The van der Waals surface area contributed by atoms with Gasteiger partial charge in [0.05, 0.1) is 12.2 Å². The maximum Gasteiger partial charge on any atom is 0.0629 e. The van der Waals surface area contributed by atoms with E-state index >= 15 is 0 Å². The molecule has 1 heteroatoms. The van der Waals surface area contributed by atoms with E-state index in [0.29, 0.717) is 12.2 Å². The quantitative estimate of drug-likeness (QED) is 0.618. The third kappa shape index (κ3) is 2.22. The zero-order valence-electron chi connectivity index (χ0n) is 8.84. The second kappa shape index (κ2) is 4.27. The smallest absolute Gasteiger partial charge is 0.0629 e. The molecule has 1 nitrogen and oxygen atoms in total. The van der Waals surface area contributed by atoms with Gasteiger partial charge in [0.1, 0.15) is 0 Å². The monoisotopic (exact) mass is 170 g/mol. The molecule has 1 saturated heterocycles. The predicted octanol–water partition coefficient (Wildman–Crippen LogP) is 3.24. The van der Waals surface area contributed by atoms with Crippen molar-refractivity contribution in [2.45, 2.75) is 59.2 Å². The van der Waals surface area contributed by atoms with E-state index in [1.165, 1.54) is 19.3 Å². The number of ether oxygens (including phenoxy) is 1. The zero-order valence-corrected chi connectivity index (χ0v) is 8.84. The summed E-state index contributed by atoms with van der Waals surface area (Å²) in [6, 6.07) is 0. The SMILES string of the molecule is CCC(C)C1OC(C)CCC1C. The van der Waals surface area contributed by atoms with E-state index < -0.39 is 0 Å². The fourth-order valence-electron chi connectivity index (χ4n) is 2.06. The molecule has 4 unspecified atom stereocenters. The first-order valence-corrected chi connectivity index (χ1v) is 5.30. The molecule has 1 rings (SSSR count). The van der Waals surface area contributed by atoms with Crippen molar-refractivity contribution in [2.75, 3.05) is 0 Å². The molecule has 0 bridgehead atoms. The van der Waals surface area contributed by atoms with E-state index in [4.69, 9.17) is 4.74 Å². The van der Waals surface area contributed by atoms with Crippen molar-refractivity contribution in [2.24, 2.45) is 11.8 Å². The predicted molar refractivity (Wildman–Crippen MR) is 52.2 cm³/mol. The Hall–Kier alpha value is -0.0400. The van der Waals surface area contributed by atoms with Crippen LogP contribution in [-0.2, 0) is 4.74 Å². The average Bonchev–Trinajstić information content (AvgIpc) is 2.08. The Morgan fingerprint density at radius 2 is 2.00 bits per heavy atom. The van der Waals surface area contributed by atoms with Crippen molar-refractivity contribution >= 4 is 0 Å². The van der Waals surface area contributed by atoms with Gasteiger partial charge in [0, 0.05) is 0 Å². The molecule has 0 saturated carbocycles. The highest BCUT2D eigenvalue weighted by molar-refractivity contribution is 4.77. The lowest BCUT2D eigenvalue weighted by molar-refractivity contribution is -0.0952. The van der Waals surface area contributed by atoms with Crippen molar-refractivity contribution in [3.05, 3.63) is 0 Å². The summed E-state index contributed by atoms with van der Waals surface area (Å²) in [5.74, 6) is 1.49. The molecule has 0 aromatic heterocycles. The molecule has 0 amide bonds. The van der Waals surface area contributed by atoms with Gasteiger partial charge in [0.25, 0.3) is 0 Å². The molecule has 0 aromatic rings. The van der Waals surface area contributed by atoms with E-state index in [0.717, 1.165) is 11.8 Å². The second-order valence-electron chi connectivity index (χ2n) is 4.35. The van der Waals surface area contributed by atoms with Crippen molar-refractivity contribution in [3.63, 3.8) is 0 Å².